The molecule has 1 atom stereocenters. The van der Waals surface area contributed by atoms with Crippen LogP contribution >= 0.6 is 0 Å². The molecule has 12 heteroatoms. The molecule has 1 aliphatic rings. The summed E-state index contributed by atoms with van der Waals surface area (Å²) in [6.45, 7) is 1.20. The predicted molar refractivity (Wildman–Crippen MR) is 159 cm³/mol. The fourth-order valence-electron chi connectivity index (χ4n) is 5.24. The van der Waals surface area contributed by atoms with E-state index in [4.69, 9.17) is 9.47 Å². The number of aromatic nitrogens is 6. The quantitative estimate of drug-likeness (QED) is 0.213. The van der Waals surface area contributed by atoms with Gasteiger partial charge in [-0.1, -0.05) is 6.07 Å². The SMILES string of the molecule is O=C(O)c1ccc2nc(Cc3cc(F)c(-c4cccc(OCc5ccn(-c6ccncc6)n5)n4)cc3F)n(CC3CCO3)c2c1. The van der Waals surface area contributed by atoms with E-state index in [1.165, 1.54) is 6.07 Å². The van der Waals surface area contributed by atoms with Crippen LogP contribution in [0.4, 0.5) is 8.78 Å². The van der Waals surface area contributed by atoms with Gasteiger partial charge in [0.05, 0.1) is 40.6 Å². The third kappa shape index (κ3) is 5.87. The lowest BCUT2D eigenvalue weighted by molar-refractivity contribution is -0.0589. The van der Waals surface area contributed by atoms with Gasteiger partial charge in [-0.15, -0.1) is 0 Å². The first-order valence-corrected chi connectivity index (χ1v) is 14.3. The summed E-state index contributed by atoms with van der Waals surface area (Å²) in [6.07, 6.45) is 5.95. The summed E-state index contributed by atoms with van der Waals surface area (Å²) in [4.78, 5) is 24.6. The first-order chi connectivity index (χ1) is 21.9. The molecule has 226 valence electrons. The molecule has 1 fully saturated rings. The van der Waals surface area contributed by atoms with Crippen molar-refractivity contribution in [2.45, 2.75) is 32.1 Å². The van der Waals surface area contributed by atoms with E-state index in [-0.39, 0.29) is 47.4 Å². The minimum absolute atomic E-state index is 0.00441. The molecule has 4 aromatic heterocycles. The van der Waals surface area contributed by atoms with Crippen molar-refractivity contribution < 1.29 is 28.2 Å². The first-order valence-electron chi connectivity index (χ1n) is 14.3. The van der Waals surface area contributed by atoms with E-state index in [9.17, 15) is 9.90 Å². The monoisotopic (exact) mass is 608 g/mol. The summed E-state index contributed by atoms with van der Waals surface area (Å²) in [5.41, 5.74) is 3.12. The Morgan fingerprint density at radius 2 is 1.87 bits per heavy atom. The summed E-state index contributed by atoms with van der Waals surface area (Å²) in [5, 5.41) is 14.0. The second-order valence-electron chi connectivity index (χ2n) is 10.6. The molecule has 6 aromatic rings. The van der Waals surface area contributed by atoms with E-state index in [1.807, 2.05) is 22.8 Å². The van der Waals surface area contributed by atoms with Crippen molar-refractivity contribution in [3.63, 3.8) is 0 Å². The molecular formula is C33H26F2N6O4. The number of aromatic carboxylic acids is 1. The number of nitrogens with zero attached hydrogens (tertiary/aromatic N) is 6. The first kappa shape index (κ1) is 28.3. The van der Waals surface area contributed by atoms with Gasteiger partial charge in [-0.2, -0.15) is 5.10 Å². The fraction of sp³-hybridized carbons (Fsp3) is 0.182. The molecule has 2 aromatic carbocycles. The third-order valence-corrected chi connectivity index (χ3v) is 7.68. The second-order valence-corrected chi connectivity index (χ2v) is 10.6. The van der Waals surface area contributed by atoms with E-state index in [0.29, 0.717) is 35.7 Å². The van der Waals surface area contributed by atoms with Crippen LogP contribution < -0.4 is 4.74 Å². The van der Waals surface area contributed by atoms with Crippen LogP contribution in [0.1, 0.15) is 33.9 Å². The van der Waals surface area contributed by atoms with Gasteiger partial charge in [0.1, 0.15) is 29.8 Å². The van der Waals surface area contributed by atoms with Gasteiger partial charge in [0.2, 0.25) is 5.88 Å². The summed E-state index contributed by atoms with van der Waals surface area (Å²) < 4.78 is 46.0. The Morgan fingerprint density at radius 1 is 1.02 bits per heavy atom. The molecule has 0 spiro atoms. The number of carbonyl (C=O) groups is 1. The van der Waals surface area contributed by atoms with Gasteiger partial charge < -0.3 is 19.1 Å². The van der Waals surface area contributed by atoms with Crippen LogP contribution in [-0.4, -0.2) is 53.1 Å². The third-order valence-electron chi connectivity index (χ3n) is 7.68. The zero-order chi connectivity index (χ0) is 30.9. The lowest BCUT2D eigenvalue weighted by Gasteiger charge is -2.27. The number of fused-ring (bicyclic) bond motifs is 1. The number of hydrogen-bond donors (Lipinski definition) is 1. The van der Waals surface area contributed by atoms with E-state index >= 15 is 8.78 Å². The molecular weight excluding hydrogens is 582 g/mol. The summed E-state index contributed by atoms with van der Waals surface area (Å²) in [7, 11) is 0. The molecule has 1 N–H and O–H groups in total. The molecule has 1 saturated heterocycles. The van der Waals surface area contributed by atoms with Crippen LogP contribution in [0.25, 0.3) is 28.0 Å². The van der Waals surface area contributed by atoms with Gasteiger partial charge in [0.25, 0.3) is 0 Å². The molecule has 1 unspecified atom stereocenters. The van der Waals surface area contributed by atoms with Gasteiger partial charge in [0, 0.05) is 43.2 Å². The maximum Gasteiger partial charge on any atom is 0.335 e. The lowest BCUT2D eigenvalue weighted by atomic mass is 10.0. The smallest absolute Gasteiger partial charge is 0.335 e. The van der Waals surface area contributed by atoms with Crippen LogP contribution in [-0.2, 0) is 24.3 Å². The normalized spacial score (nSPS) is 14.4. The molecule has 0 saturated carbocycles. The molecule has 10 nitrogen and oxygen atoms in total. The Labute approximate surface area is 255 Å². The molecule has 1 aliphatic heterocycles. The number of carboxylic acid groups (broad SMARTS) is 1. The van der Waals surface area contributed by atoms with Crippen LogP contribution in [0.3, 0.4) is 0 Å². The number of imidazole rings is 1. The molecule has 0 aliphatic carbocycles. The van der Waals surface area contributed by atoms with Gasteiger partial charge >= 0.3 is 5.97 Å². The average molecular weight is 609 g/mol. The maximum absolute atomic E-state index is 15.5. The standard InChI is InChI=1S/C33H26F2N6O4/c34-26-17-25(28-2-1-3-32(38-28)45-19-22-8-12-41(39-22)23-6-10-36-11-7-23)27(35)14-21(26)16-31-37-29-5-4-20(33(42)43)15-30(29)40(31)18-24-9-13-44-24/h1-8,10-12,14-15,17,24H,9,13,16,18-19H2,(H,42,43). The van der Waals surface area contributed by atoms with Crippen LogP contribution in [0.2, 0.25) is 0 Å². The molecule has 0 radical (unpaired) electrons. The Hall–Kier alpha value is -5.49. The van der Waals surface area contributed by atoms with Crippen molar-refractivity contribution in [2.75, 3.05) is 6.61 Å². The molecule has 45 heavy (non-hydrogen) atoms. The van der Waals surface area contributed by atoms with E-state index in [0.717, 1.165) is 24.2 Å². The van der Waals surface area contributed by atoms with E-state index < -0.39 is 17.6 Å². The number of carboxylic acids is 1. The van der Waals surface area contributed by atoms with Crippen molar-refractivity contribution in [2.24, 2.45) is 0 Å². The van der Waals surface area contributed by atoms with Crippen molar-refractivity contribution in [3.8, 4) is 22.8 Å². The molecule has 0 bridgehead atoms. The Bertz CT molecular complexity index is 2020. The number of ether oxygens (including phenoxy) is 2. The number of halogens is 2. The second kappa shape index (κ2) is 11.9. The van der Waals surface area contributed by atoms with Crippen LogP contribution in [0, 0.1) is 11.6 Å². The summed E-state index contributed by atoms with van der Waals surface area (Å²) >= 11 is 0. The van der Waals surface area contributed by atoms with Gasteiger partial charge in [-0.25, -0.2) is 28.2 Å². The van der Waals surface area contributed by atoms with E-state index in [2.05, 4.69) is 20.1 Å². The van der Waals surface area contributed by atoms with Crippen molar-refractivity contribution in [1.82, 2.24) is 29.3 Å². The van der Waals surface area contributed by atoms with Crippen LogP contribution in [0.5, 0.6) is 5.88 Å². The molecule has 7 rings (SSSR count). The zero-order valence-corrected chi connectivity index (χ0v) is 23.8. The van der Waals surface area contributed by atoms with Crippen molar-refractivity contribution >= 4 is 17.0 Å². The summed E-state index contributed by atoms with van der Waals surface area (Å²) in [6, 6.07) is 17.3. The topological polar surface area (TPSA) is 117 Å². The highest BCUT2D eigenvalue weighted by atomic mass is 19.1. The average Bonchev–Trinajstić information content (AvgIpc) is 3.64. The van der Waals surface area contributed by atoms with Crippen molar-refractivity contribution in [3.05, 3.63) is 120 Å². The number of rotatable bonds is 10. The van der Waals surface area contributed by atoms with E-state index in [1.54, 1.807) is 53.6 Å². The molecule has 5 heterocycles. The zero-order valence-electron chi connectivity index (χ0n) is 23.8. The lowest BCUT2D eigenvalue weighted by Crippen LogP contribution is -2.31. The van der Waals surface area contributed by atoms with Gasteiger partial charge in [-0.3, -0.25) is 4.98 Å². The minimum atomic E-state index is -1.06. The highest BCUT2D eigenvalue weighted by Gasteiger charge is 2.24. The highest BCUT2D eigenvalue weighted by molar-refractivity contribution is 5.92. The Kier molecular flexibility index (Phi) is 7.47. The summed E-state index contributed by atoms with van der Waals surface area (Å²) in [5.74, 6) is -1.61. The van der Waals surface area contributed by atoms with Gasteiger partial charge in [-0.05, 0) is 66.6 Å². The minimum Gasteiger partial charge on any atom is -0.478 e. The Balaban J connectivity index is 1.11. The number of benzene rings is 2. The predicted octanol–water partition coefficient (Wildman–Crippen LogP) is 5.61. The molecule has 0 amide bonds. The number of hydrogen-bond acceptors (Lipinski definition) is 7. The highest BCUT2D eigenvalue weighted by Crippen LogP contribution is 2.29. The van der Waals surface area contributed by atoms with Gasteiger partial charge in [0.15, 0.2) is 0 Å². The fourth-order valence-corrected chi connectivity index (χ4v) is 5.24. The number of pyridine rings is 2. The Morgan fingerprint density at radius 3 is 2.64 bits per heavy atom. The van der Waals surface area contributed by atoms with Crippen LogP contribution in [0.15, 0.2) is 85.3 Å². The largest absolute Gasteiger partial charge is 0.478 e. The maximum atomic E-state index is 15.5. The van der Waals surface area contributed by atoms with Crippen molar-refractivity contribution in [1.29, 1.82) is 0 Å².